The molecule has 0 bridgehead atoms. The molecular formula is C15H23N3OS. The number of carbonyl (C=O) groups is 1. The molecule has 1 aromatic rings. The summed E-state index contributed by atoms with van der Waals surface area (Å²) in [6.07, 6.45) is 6.84. The summed E-state index contributed by atoms with van der Waals surface area (Å²) in [5.74, 6) is 0.389. The van der Waals surface area contributed by atoms with Crippen LogP contribution in [0.3, 0.4) is 0 Å². The van der Waals surface area contributed by atoms with Crippen LogP contribution in [-0.4, -0.2) is 41.7 Å². The Morgan fingerprint density at radius 3 is 2.80 bits per heavy atom. The van der Waals surface area contributed by atoms with Gasteiger partial charge in [0.25, 0.3) is 0 Å². The first-order chi connectivity index (χ1) is 9.69. The molecule has 1 fully saturated rings. The van der Waals surface area contributed by atoms with E-state index >= 15 is 0 Å². The third-order valence-corrected chi connectivity index (χ3v) is 4.26. The second-order valence-corrected chi connectivity index (χ2v) is 5.96. The molecule has 1 amide bonds. The summed E-state index contributed by atoms with van der Waals surface area (Å²) in [5, 5.41) is 0. The van der Waals surface area contributed by atoms with E-state index in [1.165, 1.54) is 17.5 Å². The van der Waals surface area contributed by atoms with Crippen LogP contribution < -0.4 is 4.72 Å². The van der Waals surface area contributed by atoms with E-state index in [0.29, 0.717) is 0 Å². The lowest BCUT2D eigenvalue weighted by molar-refractivity contribution is -0.124. The molecule has 2 heterocycles. The summed E-state index contributed by atoms with van der Waals surface area (Å²) in [5.41, 5.74) is 2.35. The number of aryl methyl sites for hydroxylation is 1. The molecule has 4 nitrogen and oxygen atoms in total. The van der Waals surface area contributed by atoms with Gasteiger partial charge in [-0.2, -0.15) is 0 Å². The van der Waals surface area contributed by atoms with Crippen LogP contribution in [0.1, 0.15) is 24.1 Å². The minimum atomic E-state index is 0.194. The molecule has 1 saturated heterocycles. The van der Waals surface area contributed by atoms with Gasteiger partial charge < -0.3 is 9.62 Å². The van der Waals surface area contributed by atoms with Crippen LogP contribution in [-0.2, 0) is 11.2 Å². The van der Waals surface area contributed by atoms with E-state index in [1.807, 2.05) is 19.4 Å². The largest absolute Gasteiger partial charge is 0.303 e. The average Bonchev–Trinajstić information content (AvgIpc) is 2.47. The Kier molecular flexibility index (Phi) is 5.86. The van der Waals surface area contributed by atoms with Crippen LogP contribution in [0.25, 0.3) is 0 Å². The molecule has 0 aromatic carbocycles. The number of amides is 1. The zero-order chi connectivity index (χ0) is 14.4. The van der Waals surface area contributed by atoms with Crippen LogP contribution in [0, 0.1) is 12.8 Å². The third kappa shape index (κ3) is 4.49. The number of hydrogen-bond donors (Lipinski definition) is 1. The van der Waals surface area contributed by atoms with E-state index in [-0.39, 0.29) is 11.8 Å². The first-order valence-electron chi connectivity index (χ1n) is 7.16. The highest BCUT2D eigenvalue weighted by Gasteiger charge is 2.24. The third-order valence-electron chi connectivity index (χ3n) is 3.85. The van der Waals surface area contributed by atoms with Crippen molar-refractivity contribution in [1.82, 2.24) is 14.6 Å². The van der Waals surface area contributed by atoms with Crippen LogP contribution in [0.2, 0.25) is 0 Å². The van der Waals surface area contributed by atoms with Gasteiger partial charge in [0, 0.05) is 30.6 Å². The molecule has 0 saturated carbocycles. The number of aromatic nitrogens is 1. The molecule has 0 aliphatic carbocycles. The van der Waals surface area contributed by atoms with Crippen molar-refractivity contribution < 1.29 is 4.79 Å². The fraction of sp³-hybridized carbons (Fsp3) is 0.600. The van der Waals surface area contributed by atoms with Crippen molar-refractivity contribution in [3.8, 4) is 0 Å². The van der Waals surface area contributed by atoms with Gasteiger partial charge in [-0.25, -0.2) is 0 Å². The predicted octanol–water partition coefficient (Wildman–Crippen LogP) is 2.04. The van der Waals surface area contributed by atoms with E-state index in [9.17, 15) is 4.79 Å². The van der Waals surface area contributed by atoms with Crippen molar-refractivity contribution >= 4 is 17.9 Å². The van der Waals surface area contributed by atoms with Gasteiger partial charge in [-0.15, -0.1) is 0 Å². The van der Waals surface area contributed by atoms with Crippen molar-refractivity contribution in [1.29, 1.82) is 0 Å². The first kappa shape index (κ1) is 15.3. The molecule has 5 heteroatoms. The van der Waals surface area contributed by atoms with Crippen molar-refractivity contribution in [2.75, 3.05) is 25.9 Å². The number of nitrogens with one attached hydrogen (secondary N) is 1. The fourth-order valence-corrected chi connectivity index (χ4v) is 2.90. The van der Waals surface area contributed by atoms with Gasteiger partial charge in [-0.1, -0.05) is 18.0 Å². The zero-order valence-electron chi connectivity index (χ0n) is 12.3. The lowest BCUT2D eigenvalue weighted by atomic mass is 9.96. The molecule has 110 valence electrons. The van der Waals surface area contributed by atoms with Crippen LogP contribution in [0.4, 0.5) is 0 Å². The van der Waals surface area contributed by atoms with Gasteiger partial charge in [0.05, 0.1) is 0 Å². The lowest BCUT2D eigenvalue weighted by Crippen LogP contribution is -2.39. The standard InChI is InChI=1S/C15H23N3OS/c1-12-3-4-13(11-16-12)5-8-18-9-6-14(7-10-18)15(19)17-20-2/h3-4,11,14H,5-10H2,1-2H3,(H,17,19). The highest BCUT2D eigenvalue weighted by molar-refractivity contribution is 7.97. The second-order valence-electron chi connectivity index (χ2n) is 5.34. The smallest absolute Gasteiger partial charge is 0.233 e. The number of piperidine rings is 1. The topological polar surface area (TPSA) is 45.2 Å². The quantitative estimate of drug-likeness (QED) is 0.844. The van der Waals surface area contributed by atoms with Gasteiger partial charge >= 0.3 is 0 Å². The van der Waals surface area contributed by atoms with E-state index < -0.39 is 0 Å². The van der Waals surface area contributed by atoms with Gasteiger partial charge in [0.1, 0.15) is 0 Å². The number of hydrogen-bond acceptors (Lipinski definition) is 4. The molecule has 1 N–H and O–H groups in total. The summed E-state index contributed by atoms with van der Waals surface area (Å²) >= 11 is 1.39. The highest BCUT2D eigenvalue weighted by Crippen LogP contribution is 2.18. The molecule has 0 radical (unpaired) electrons. The second kappa shape index (κ2) is 7.64. The van der Waals surface area contributed by atoms with E-state index in [1.54, 1.807) is 0 Å². The van der Waals surface area contributed by atoms with Crippen molar-refractivity contribution in [3.05, 3.63) is 29.6 Å². The van der Waals surface area contributed by atoms with Crippen molar-refractivity contribution in [2.24, 2.45) is 5.92 Å². The molecule has 1 aliphatic heterocycles. The maximum absolute atomic E-state index is 11.8. The fourth-order valence-electron chi connectivity index (χ4n) is 2.54. The first-order valence-corrected chi connectivity index (χ1v) is 8.38. The Hall–Kier alpha value is -1.07. The van der Waals surface area contributed by atoms with Crippen molar-refractivity contribution in [3.63, 3.8) is 0 Å². The van der Waals surface area contributed by atoms with Gasteiger partial charge in [-0.3, -0.25) is 9.78 Å². The van der Waals surface area contributed by atoms with Gasteiger partial charge in [0.2, 0.25) is 5.91 Å². The van der Waals surface area contributed by atoms with Gasteiger partial charge in [-0.05, 0) is 50.9 Å². The average molecular weight is 293 g/mol. The number of pyridine rings is 1. The lowest BCUT2D eigenvalue weighted by Gasteiger charge is -2.31. The van der Waals surface area contributed by atoms with Crippen molar-refractivity contribution in [2.45, 2.75) is 26.2 Å². The maximum Gasteiger partial charge on any atom is 0.233 e. The Bertz CT molecular complexity index is 427. The maximum atomic E-state index is 11.8. The number of likely N-dealkylation sites (tertiary alicyclic amines) is 1. The Morgan fingerprint density at radius 2 is 2.20 bits per heavy atom. The monoisotopic (exact) mass is 293 g/mol. The number of carbonyl (C=O) groups excluding carboxylic acids is 1. The Labute approximate surface area is 125 Å². The summed E-state index contributed by atoms with van der Waals surface area (Å²) < 4.78 is 2.84. The minimum absolute atomic E-state index is 0.194. The molecule has 20 heavy (non-hydrogen) atoms. The van der Waals surface area contributed by atoms with Crippen LogP contribution in [0.15, 0.2) is 18.3 Å². The molecule has 1 aliphatic rings. The molecule has 1 aromatic heterocycles. The number of rotatable bonds is 5. The molecular weight excluding hydrogens is 270 g/mol. The van der Waals surface area contributed by atoms with Crippen LogP contribution >= 0.6 is 11.9 Å². The van der Waals surface area contributed by atoms with Crippen LogP contribution in [0.5, 0.6) is 0 Å². The Balaban J connectivity index is 1.72. The molecule has 2 rings (SSSR count). The molecule has 0 spiro atoms. The van der Waals surface area contributed by atoms with E-state index in [0.717, 1.165) is 44.6 Å². The highest BCUT2D eigenvalue weighted by atomic mass is 32.2. The Morgan fingerprint density at radius 1 is 1.45 bits per heavy atom. The minimum Gasteiger partial charge on any atom is -0.303 e. The van der Waals surface area contributed by atoms with E-state index in [4.69, 9.17) is 0 Å². The van der Waals surface area contributed by atoms with E-state index in [2.05, 4.69) is 26.7 Å². The summed E-state index contributed by atoms with van der Waals surface area (Å²) in [4.78, 5) is 18.5. The molecule has 0 unspecified atom stereocenters. The summed E-state index contributed by atoms with van der Waals surface area (Å²) in [6.45, 7) is 5.10. The molecule has 0 atom stereocenters. The summed E-state index contributed by atoms with van der Waals surface area (Å²) in [7, 11) is 0. The van der Waals surface area contributed by atoms with Gasteiger partial charge in [0.15, 0.2) is 0 Å². The number of nitrogens with zero attached hydrogens (tertiary/aromatic N) is 2. The predicted molar refractivity (Wildman–Crippen MR) is 83.5 cm³/mol. The normalized spacial score (nSPS) is 17.1. The SMILES string of the molecule is CSNC(=O)C1CCN(CCc2ccc(C)nc2)CC1. The summed E-state index contributed by atoms with van der Waals surface area (Å²) in [6, 6.07) is 4.22. The zero-order valence-corrected chi connectivity index (χ0v) is 13.1.